The van der Waals surface area contributed by atoms with Crippen LogP contribution < -0.4 is 5.73 Å². The molecule has 0 aromatic heterocycles. The lowest BCUT2D eigenvalue weighted by atomic mass is 10.1. The summed E-state index contributed by atoms with van der Waals surface area (Å²) in [5.74, 6) is 5.47. The van der Waals surface area contributed by atoms with Crippen LogP contribution in [-0.4, -0.2) is 54.8 Å². The summed E-state index contributed by atoms with van der Waals surface area (Å²) in [7, 11) is -3.77. The monoisotopic (exact) mass is 310 g/mol. The zero-order chi connectivity index (χ0) is 15.6. The second-order valence-corrected chi connectivity index (χ2v) is 6.85. The Morgan fingerprint density at radius 3 is 2.52 bits per heavy atom. The molecule has 2 rings (SSSR count). The van der Waals surface area contributed by atoms with Crippen LogP contribution in [0, 0.1) is 18.8 Å². The molecule has 0 amide bonds. The van der Waals surface area contributed by atoms with Crippen molar-refractivity contribution in [1.82, 2.24) is 4.31 Å². The number of β-amino-alcohol motifs (C(OH)–C–C–N with tert-alkyl or cyclic N) is 2. The Morgan fingerprint density at radius 1 is 1.33 bits per heavy atom. The molecule has 1 aromatic rings. The van der Waals surface area contributed by atoms with Crippen LogP contribution in [0.2, 0.25) is 0 Å². The van der Waals surface area contributed by atoms with Crippen LogP contribution in [0.15, 0.2) is 23.1 Å². The van der Waals surface area contributed by atoms with Crippen molar-refractivity contribution in [2.24, 2.45) is 5.73 Å². The number of aryl methyl sites for hydroxylation is 1. The van der Waals surface area contributed by atoms with Gasteiger partial charge in [-0.2, -0.15) is 4.31 Å². The number of nitrogens with zero attached hydrogens (tertiary/aromatic N) is 1. The van der Waals surface area contributed by atoms with Gasteiger partial charge in [-0.15, -0.1) is 0 Å². The molecule has 0 saturated carbocycles. The van der Waals surface area contributed by atoms with E-state index in [9.17, 15) is 18.6 Å². The third kappa shape index (κ3) is 3.26. The van der Waals surface area contributed by atoms with Gasteiger partial charge in [0.05, 0.1) is 23.6 Å². The van der Waals surface area contributed by atoms with Crippen molar-refractivity contribution in [1.29, 1.82) is 0 Å². The maximum absolute atomic E-state index is 12.6. The maximum atomic E-state index is 12.6. The van der Waals surface area contributed by atoms with E-state index in [1.54, 1.807) is 19.1 Å². The van der Waals surface area contributed by atoms with Crippen molar-refractivity contribution in [3.05, 3.63) is 29.3 Å². The summed E-state index contributed by atoms with van der Waals surface area (Å²) in [6, 6.07) is 4.89. The van der Waals surface area contributed by atoms with E-state index >= 15 is 0 Å². The minimum absolute atomic E-state index is 0.109. The number of rotatable bonds is 2. The van der Waals surface area contributed by atoms with E-state index in [2.05, 4.69) is 11.8 Å². The quantitative estimate of drug-likeness (QED) is 0.610. The highest BCUT2D eigenvalue weighted by atomic mass is 32.2. The molecule has 0 aliphatic carbocycles. The van der Waals surface area contributed by atoms with Crippen LogP contribution in [0.5, 0.6) is 0 Å². The molecule has 21 heavy (non-hydrogen) atoms. The Balaban J connectivity index is 2.40. The average molecular weight is 310 g/mol. The van der Waals surface area contributed by atoms with Gasteiger partial charge in [0.1, 0.15) is 0 Å². The summed E-state index contributed by atoms with van der Waals surface area (Å²) in [6.45, 7) is 1.67. The molecule has 1 fully saturated rings. The zero-order valence-electron chi connectivity index (χ0n) is 11.7. The van der Waals surface area contributed by atoms with Crippen molar-refractivity contribution in [2.45, 2.75) is 24.0 Å². The van der Waals surface area contributed by atoms with Gasteiger partial charge in [-0.25, -0.2) is 8.42 Å². The Hall–Kier alpha value is -1.43. The van der Waals surface area contributed by atoms with Crippen LogP contribution in [0.3, 0.4) is 0 Å². The Kier molecular flexibility index (Phi) is 4.66. The number of aliphatic hydroxyl groups is 2. The van der Waals surface area contributed by atoms with Crippen molar-refractivity contribution in [3.63, 3.8) is 0 Å². The number of aliphatic hydroxyl groups excluding tert-OH is 2. The summed E-state index contributed by atoms with van der Waals surface area (Å²) in [6.07, 6.45) is -2.11. The van der Waals surface area contributed by atoms with Crippen molar-refractivity contribution >= 4 is 10.0 Å². The lowest BCUT2D eigenvalue weighted by Gasteiger charge is -2.17. The lowest BCUT2D eigenvalue weighted by Crippen LogP contribution is -2.30. The Bertz CT molecular complexity index is 681. The molecule has 7 heteroatoms. The summed E-state index contributed by atoms with van der Waals surface area (Å²) < 4.78 is 26.3. The standard InChI is InChI=1S/C14H18N2O4S/c1-10-4-5-11(3-2-6-15)7-14(10)21(19,20)16-8-12(17)13(18)9-16/h4-5,7,12-13,17-18H,6,8-9,15H2,1H3. The Labute approximate surface area is 124 Å². The SMILES string of the molecule is Cc1ccc(C#CCN)cc1S(=O)(=O)N1CC(O)C(O)C1. The molecule has 0 bridgehead atoms. The predicted octanol–water partition coefficient (Wildman–Crippen LogP) is -0.969. The highest BCUT2D eigenvalue weighted by molar-refractivity contribution is 7.89. The molecule has 1 aliphatic heterocycles. The van der Waals surface area contributed by atoms with E-state index in [1.165, 1.54) is 6.07 Å². The first-order chi connectivity index (χ1) is 9.86. The fraction of sp³-hybridized carbons (Fsp3) is 0.429. The van der Waals surface area contributed by atoms with Crippen molar-refractivity contribution in [3.8, 4) is 11.8 Å². The fourth-order valence-electron chi connectivity index (χ4n) is 2.18. The van der Waals surface area contributed by atoms with Crippen molar-refractivity contribution in [2.75, 3.05) is 19.6 Å². The number of hydrogen-bond donors (Lipinski definition) is 3. The van der Waals surface area contributed by atoms with E-state index in [-0.39, 0.29) is 24.5 Å². The van der Waals surface area contributed by atoms with Gasteiger partial charge >= 0.3 is 0 Å². The van der Waals surface area contributed by atoms with Crippen molar-refractivity contribution < 1.29 is 18.6 Å². The molecule has 1 aromatic carbocycles. The molecule has 2 atom stereocenters. The molecule has 0 spiro atoms. The van der Waals surface area contributed by atoms with E-state index in [0.29, 0.717) is 11.1 Å². The van der Waals surface area contributed by atoms with E-state index < -0.39 is 22.2 Å². The molecule has 0 radical (unpaired) electrons. The van der Waals surface area contributed by atoms with Gasteiger partial charge in [-0.05, 0) is 24.6 Å². The molecule has 1 saturated heterocycles. The lowest BCUT2D eigenvalue weighted by molar-refractivity contribution is 0.0572. The van der Waals surface area contributed by atoms with Gasteiger partial charge in [0.15, 0.2) is 0 Å². The maximum Gasteiger partial charge on any atom is 0.243 e. The first kappa shape index (κ1) is 15.9. The first-order valence-corrected chi connectivity index (χ1v) is 7.96. The zero-order valence-corrected chi connectivity index (χ0v) is 12.5. The molecular formula is C14H18N2O4S. The third-order valence-corrected chi connectivity index (χ3v) is 5.34. The second kappa shape index (κ2) is 6.13. The molecule has 1 heterocycles. The summed E-state index contributed by atoms with van der Waals surface area (Å²) in [5, 5.41) is 19.1. The second-order valence-electron chi connectivity index (χ2n) is 4.94. The average Bonchev–Trinajstić information content (AvgIpc) is 2.78. The van der Waals surface area contributed by atoms with Crippen LogP contribution in [0.4, 0.5) is 0 Å². The number of sulfonamides is 1. The van der Waals surface area contributed by atoms with E-state index in [0.717, 1.165) is 4.31 Å². The van der Waals surface area contributed by atoms with E-state index in [1.807, 2.05) is 0 Å². The molecular weight excluding hydrogens is 292 g/mol. The number of hydrogen-bond acceptors (Lipinski definition) is 5. The van der Waals surface area contributed by atoms with Crippen LogP contribution in [0.25, 0.3) is 0 Å². The highest BCUT2D eigenvalue weighted by Gasteiger charge is 2.38. The number of nitrogens with two attached hydrogens (primary N) is 1. The summed E-state index contributed by atoms with van der Waals surface area (Å²) >= 11 is 0. The van der Waals surface area contributed by atoms with E-state index in [4.69, 9.17) is 5.73 Å². The summed E-state index contributed by atoms with van der Waals surface area (Å²) in [5.41, 5.74) is 6.45. The van der Waals surface area contributed by atoms with Gasteiger partial charge in [0.2, 0.25) is 10.0 Å². The topological polar surface area (TPSA) is 104 Å². The van der Waals surface area contributed by atoms with Gasteiger partial charge in [-0.1, -0.05) is 17.9 Å². The minimum atomic E-state index is -3.77. The highest BCUT2D eigenvalue weighted by Crippen LogP contribution is 2.24. The van der Waals surface area contributed by atoms with Gasteiger partial charge in [-0.3, -0.25) is 0 Å². The summed E-state index contributed by atoms with van der Waals surface area (Å²) in [4.78, 5) is 0.132. The number of benzene rings is 1. The fourth-order valence-corrected chi connectivity index (χ4v) is 3.91. The largest absolute Gasteiger partial charge is 0.389 e. The van der Waals surface area contributed by atoms with Crippen LogP contribution in [-0.2, 0) is 10.0 Å². The molecule has 1 aliphatic rings. The molecule has 114 valence electrons. The van der Waals surface area contributed by atoms with Crippen LogP contribution in [0.1, 0.15) is 11.1 Å². The smallest absolute Gasteiger partial charge is 0.243 e. The van der Waals surface area contributed by atoms with Crippen LogP contribution >= 0.6 is 0 Å². The molecule has 2 unspecified atom stereocenters. The molecule has 6 nitrogen and oxygen atoms in total. The van der Waals surface area contributed by atoms with Gasteiger partial charge in [0.25, 0.3) is 0 Å². The third-order valence-electron chi connectivity index (χ3n) is 3.37. The Morgan fingerprint density at radius 2 is 1.95 bits per heavy atom. The van der Waals surface area contributed by atoms with Gasteiger partial charge < -0.3 is 15.9 Å². The predicted molar refractivity (Wildman–Crippen MR) is 77.9 cm³/mol. The van der Waals surface area contributed by atoms with Gasteiger partial charge in [0, 0.05) is 18.7 Å². The first-order valence-electron chi connectivity index (χ1n) is 6.52. The normalized spacial score (nSPS) is 22.9. The minimum Gasteiger partial charge on any atom is -0.389 e. The molecule has 4 N–H and O–H groups in total.